The van der Waals surface area contributed by atoms with Gasteiger partial charge in [0.25, 0.3) is 5.91 Å². The standard InChI is InChI=1S/C23H32N4O/c1-3-12-27(13-4-2)23(28)22-18-21(10-11-24-22)26-16-14-25(15-17-26)19-20-8-6-5-7-9-20/h5-11,18H,3-4,12-17,19H2,1-2H3. The van der Waals surface area contributed by atoms with Crippen LogP contribution in [0.4, 0.5) is 5.69 Å². The van der Waals surface area contributed by atoms with Crippen LogP contribution < -0.4 is 4.90 Å². The van der Waals surface area contributed by atoms with Crippen molar-refractivity contribution in [2.75, 3.05) is 44.2 Å². The number of pyridine rings is 1. The van der Waals surface area contributed by atoms with Crippen molar-refractivity contribution in [3.05, 3.63) is 59.9 Å². The lowest BCUT2D eigenvalue weighted by Crippen LogP contribution is -2.46. The van der Waals surface area contributed by atoms with Gasteiger partial charge in [-0.05, 0) is 30.5 Å². The van der Waals surface area contributed by atoms with Gasteiger partial charge in [-0.15, -0.1) is 0 Å². The van der Waals surface area contributed by atoms with Gasteiger partial charge in [-0.2, -0.15) is 0 Å². The monoisotopic (exact) mass is 380 g/mol. The van der Waals surface area contributed by atoms with Gasteiger partial charge < -0.3 is 9.80 Å². The van der Waals surface area contributed by atoms with Crippen molar-refractivity contribution in [2.45, 2.75) is 33.2 Å². The average Bonchev–Trinajstić information content (AvgIpc) is 2.74. The minimum absolute atomic E-state index is 0.0493. The van der Waals surface area contributed by atoms with Gasteiger partial charge >= 0.3 is 0 Å². The van der Waals surface area contributed by atoms with E-state index >= 15 is 0 Å². The summed E-state index contributed by atoms with van der Waals surface area (Å²) < 4.78 is 0. The van der Waals surface area contributed by atoms with Crippen molar-refractivity contribution in [2.24, 2.45) is 0 Å². The zero-order chi connectivity index (χ0) is 19.8. The van der Waals surface area contributed by atoms with E-state index in [2.05, 4.69) is 59.0 Å². The van der Waals surface area contributed by atoms with E-state index in [1.807, 2.05) is 17.0 Å². The van der Waals surface area contributed by atoms with Crippen LogP contribution in [0.5, 0.6) is 0 Å². The number of anilines is 1. The normalized spacial score (nSPS) is 14.9. The van der Waals surface area contributed by atoms with Crippen LogP contribution in [0.25, 0.3) is 0 Å². The average molecular weight is 381 g/mol. The third-order valence-corrected chi connectivity index (χ3v) is 5.22. The molecule has 0 radical (unpaired) electrons. The Labute approximate surface area is 169 Å². The first kappa shape index (κ1) is 20.3. The van der Waals surface area contributed by atoms with E-state index in [1.54, 1.807) is 6.20 Å². The van der Waals surface area contributed by atoms with E-state index in [-0.39, 0.29) is 5.91 Å². The highest BCUT2D eigenvalue weighted by Crippen LogP contribution is 2.19. The van der Waals surface area contributed by atoms with E-state index in [0.717, 1.165) is 64.3 Å². The molecule has 1 aliphatic rings. The second-order valence-electron chi connectivity index (χ2n) is 7.44. The minimum atomic E-state index is 0.0493. The second kappa shape index (κ2) is 10.2. The second-order valence-corrected chi connectivity index (χ2v) is 7.44. The van der Waals surface area contributed by atoms with Gasteiger partial charge in [-0.25, -0.2) is 0 Å². The van der Waals surface area contributed by atoms with Crippen molar-refractivity contribution in [1.82, 2.24) is 14.8 Å². The van der Waals surface area contributed by atoms with Crippen LogP contribution in [0.1, 0.15) is 42.7 Å². The van der Waals surface area contributed by atoms with E-state index in [9.17, 15) is 4.79 Å². The summed E-state index contributed by atoms with van der Waals surface area (Å²) in [5.74, 6) is 0.0493. The van der Waals surface area contributed by atoms with Gasteiger partial charge in [0.15, 0.2) is 0 Å². The number of hydrogen-bond donors (Lipinski definition) is 0. The zero-order valence-electron chi connectivity index (χ0n) is 17.2. The van der Waals surface area contributed by atoms with Crippen molar-refractivity contribution < 1.29 is 4.79 Å². The summed E-state index contributed by atoms with van der Waals surface area (Å²) in [6, 6.07) is 14.6. The molecule has 5 heteroatoms. The molecule has 0 N–H and O–H groups in total. The summed E-state index contributed by atoms with van der Waals surface area (Å²) in [5.41, 5.74) is 3.02. The van der Waals surface area contributed by atoms with E-state index in [0.29, 0.717) is 5.69 Å². The topological polar surface area (TPSA) is 39.7 Å². The number of aromatic nitrogens is 1. The third-order valence-electron chi connectivity index (χ3n) is 5.22. The van der Waals surface area contributed by atoms with Crippen LogP contribution in [-0.2, 0) is 6.54 Å². The highest BCUT2D eigenvalue weighted by molar-refractivity contribution is 5.93. The van der Waals surface area contributed by atoms with Gasteiger partial charge in [-0.3, -0.25) is 14.7 Å². The van der Waals surface area contributed by atoms with Gasteiger partial charge in [0.05, 0.1) is 0 Å². The number of carbonyl (C=O) groups excluding carboxylic acids is 1. The number of rotatable bonds is 8. The summed E-state index contributed by atoms with van der Waals surface area (Å²) in [6.45, 7) is 10.8. The highest BCUT2D eigenvalue weighted by atomic mass is 16.2. The molecule has 3 rings (SSSR count). The minimum Gasteiger partial charge on any atom is -0.369 e. The fraction of sp³-hybridized carbons (Fsp3) is 0.478. The molecule has 0 aliphatic carbocycles. The summed E-state index contributed by atoms with van der Waals surface area (Å²) in [4.78, 5) is 24.0. The number of nitrogens with zero attached hydrogens (tertiary/aromatic N) is 4. The van der Waals surface area contributed by atoms with Crippen molar-refractivity contribution in [3.63, 3.8) is 0 Å². The SMILES string of the molecule is CCCN(CCC)C(=O)c1cc(N2CCN(Cc3ccccc3)CC2)ccn1. The summed E-state index contributed by atoms with van der Waals surface area (Å²) in [5, 5.41) is 0. The molecule has 1 saturated heterocycles. The molecule has 1 aliphatic heterocycles. The maximum Gasteiger partial charge on any atom is 0.272 e. The Bertz CT molecular complexity index is 735. The molecule has 1 aromatic heterocycles. The molecule has 5 nitrogen and oxygen atoms in total. The van der Waals surface area contributed by atoms with Gasteiger partial charge in [0.1, 0.15) is 5.69 Å². The Morgan fingerprint density at radius 1 is 1.00 bits per heavy atom. The number of amides is 1. The van der Waals surface area contributed by atoms with Crippen molar-refractivity contribution in [1.29, 1.82) is 0 Å². The molecular formula is C23H32N4O. The molecule has 1 fully saturated rings. The molecule has 1 aromatic carbocycles. The third kappa shape index (κ3) is 5.32. The summed E-state index contributed by atoms with van der Waals surface area (Å²) in [6.07, 6.45) is 3.71. The number of piperazine rings is 1. The Hall–Kier alpha value is -2.40. The van der Waals surface area contributed by atoms with E-state index in [4.69, 9.17) is 0 Å². The first-order valence-corrected chi connectivity index (χ1v) is 10.5. The largest absolute Gasteiger partial charge is 0.369 e. The number of hydrogen-bond acceptors (Lipinski definition) is 4. The maximum absolute atomic E-state index is 12.9. The zero-order valence-corrected chi connectivity index (χ0v) is 17.2. The first-order valence-electron chi connectivity index (χ1n) is 10.5. The molecule has 0 unspecified atom stereocenters. The molecule has 0 spiro atoms. The van der Waals surface area contributed by atoms with Crippen LogP contribution in [-0.4, -0.2) is 60.0 Å². The van der Waals surface area contributed by atoms with E-state index < -0.39 is 0 Å². The predicted molar refractivity (Wildman–Crippen MR) is 115 cm³/mol. The first-order chi connectivity index (χ1) is 13.7. The Balaban J connectivity index is 1.60. The van der Waals surface area contributed by atoms with Crippen LogP contribution in [0.3, 0.4) is 0 Å². The summed E-state index contributed by atoms with van der Waals surface area (Å²) in [7, 11) is 0. The molecule has 0 bridgehead atoms. The fourth-order valence-electron chi connectivity index (χ4n) is 3.76. The molecule has 0 atom stereocenters. The van der Waals surface area contributed by atoms with Crippen LogP contribution >= 0.6 is 0 Å². The van der Waals surface area contributed by atoms with Crippen molar-refractivity contribution in [3.8, 4) is 0 Å². The van der Waals surface area contributed by atoms with Gasteiger partial charge in [-0.1, -0.05) is 44.2 Å². The van der Waals surface area contributed by atoms with Crippen LogP contribution in [0.15, 0.2) is 48.7 Å². The maximum atomic E-state index is 12.9. The lowest BCUT2D eigenvalue weighted by Gasteiger charge is -2.36. The van der Waals surface area contributed by atoms with E-state index in [1.165, 1.54) is 5.56 Å². The Morgan fingerprint density at radius 3 is 2.32 bits per heavy atom. The smallest absolute Gasteiger partial charge is 0.272 e. The molecule has 0 saturated carbocycles. The highest BCUT2D eigenvalue weighted by Gasteiger charge is 2.20. The van der Waals surface area contributed by atoms with Gasteiger partial charge in [0.2, 0.25) is 0 Å². The number of carbonyl (C=O) groups is 1. The molecule has 2 heterocycles. The Morgan fingerprint density at radius 2 is 1.68 bits per heavy atom. The van der Waals surface area contributed by atoms with Gasteiger partial charge in [0, 0.05) is 57.7 Å². The molecule has 2 aromatic rings. The lowest BCUT2D eigenvalue weighted by molar-refractivity contribution is 0.0749. The Kier molecular flexibility index (Phi) is 7.43. The fourth-order valence-corrected chi connectivity index (χ4v) is 3.76. The molecule has 1 amide bonds. The molecule has 28 heavy (non-hydrogen) atoms. The predicted octanol–water partition coefficient (Wildman–Crippen LogP) is 3.67. The lowest BCUT2D eigenvalue weighted by atomic mass is 10.2. The summed E-state index contributed by atoms with van der Waals surface area (Å²) >= 11 is 0. The quantitative estimate of drug-likeness (QED) is 0.701. The van der Waals surface area contributed by atoms with Crippen molar-refractivity contribution >= 4 is 11.6 Å². The molecule has 150 valence electrons. The van der Waals surface area contributed by atoms with Crippen LogP contribution in [0, 0.1) is 0 Å². The molecular weight excluding hydrogens is 348 g/mol. The number of benzene rings is 1. The van der Waals surface area contributed by atoms with Crippen LogP contribution in [0.2, 0.25) is 0 Å².